The molecule has 3 heteroatoms. The molecule has 0 spiro atoms. The second-order valence-electron chi connectivity index (χ2n) is 4.98. The first-order chi connectivity index (χ1) is 9.75. The van der Waals surface area contributed by atoms with Crippen LogP contribution in [0.4, 0.5) is 0 Å². The van der Waals surface area contributed by atoms with Gasteiger partial charge in [0.15, 0.2) is 0 Å². The molecule has 0 fully saturated rings. The van der Waals surface area contributed by atoms with Gasteiger partial charge in [0.2, 0.25) is 0 Å². The van der Waals surface area contributed by atoms with Crippen molar-refractivity contribution in [2.24, 2.45) is 0 Å². The van der Waals surface area contributed by atoms with E-state index in [-0.39, 0.29) is 0 Å². The summed E-state index contributed by atoms with van der Waals surface area (Å²) in [5, 5.41) is 5.40. The number of nitrogens with one attached hydrogen (secondary N) is 2. The van der Waals surface area contributed by atoms with E-state index in [0.29, 0.717) is 6.04 Å². The molecule has 2 nitrogen and oxygen atoms in total. The fourth-order valence-corrected chi connectivity index (χ4v) is 2.68. The van der Waals surface area contributed by atoms with Gasteiger partial charge in [-0.1, -0.05) is 60.1 Å². The molecule has 102 valence electrons. The standard InChI is InChI=1S/C17H17ClN2/c1-12(13-7-3-2-4-8-13)19-11-16-17(18)14-9-5-6-10-15(14)20-16/h2-10,12,19-20H,11H2,1H3/t12-/m0/s1. The predicted octanol–water partition coefficient (Wildman–Crippen LogP) is 4.67. The number of hydrogen-bond donors (Lipinski definition) is 2. The van der Waals surface area contributed by atoms with Gasteiger partial charge in [0.25, 0.3) is 0 Å². The highest BCUT2D eigenvalue weighted by Crippen LogP contribution is 2.27. The monoisotopic (exact) mass is 284 g/mol. The third-order valence-corrected chi connectivity index (χ3v) is 4.03. The molecular weight excluding hydrogens is 268 g/mol. The van der Waals surface area contributed by atoms with Crippen molar-refractivity contribution in [2.75, 3.05) is 0 Å². The average Bonchev–Trinajstić information content (AvgIpc) is 2.83. The molecule has 20 heavy (non-hydrogen) atoms. The van der Waals surface area contributed by atoms with E-state index in [1.807, 2.05) is 30.3 Å². The molecule has 1 heterocycles. The van der Waals surface area contributed by atoms with Crippen molar-refractivity contribution in [2.45, 2.75) is 19.5 Å². The lowest BCUT2D eigenvalue weighted by molar-refractivity contribution is 0.569. The van der Waals surface area contributed by atoms with Crippen LogP contribution >= 0.6 is 11.6 Å². The number of rotatable bonds is 4. The van der Waals surface area contributed by atoms with Gasteiger partial charge < -0.3 is 10.3 Å². The van der Waals surface area contributed by atoms with Crippen LogP contribution in [0.25, 0.3) is 10.9 Å². The van der Waals surface area contributed by atoms with E-state index in [9.17, 15) is 0 Å². The maximum atomic E-state index is 6.42. The van der Waals surface area contributed by atoms with Gasteiger partial charge in [-0.05, 0) is 18.6 Å². The largest absolute Gasteiger partial charge is 0.356 e. The van der Waals surface area contributed by atoms with Gasteiger partial charge >= 0.3 is 0 Å². The summed E-state index contributed by atoms with van der Waals surface area (Å²) in [7, 11) is 0. The van der Waals surface area contributed by atoms with E-state index in [0.717, 1.165) is 28.2 Å². The number of hydrogen-bond acceptors (Lipinski definition) is 1. The van der Waals surface area contributed by atoms with Crippen molar-refractivity contribution in [1.29, 1.82) is 0 Å². The van der Waals surface area contributed by atoms with E-state index in [1.54, 1.807) is 0 Å². The third-order valence-electron chi connectivity index (χ3n) is 3.60. The summed E-state index contributed by atoms with van der Waals surface area (Å²) in [5.74, 6) is 0. The fraction of sp³-hybridized carbons (Fsp3) is 0.176. The third kappa shape index (κ3) is 2.58. The molecule has 1 atom stereocenters. The van der Waals surface area contributed by atoms with Crippen molar-refractivity contribution in [3.05, 3.63) is 70.9 Å². The Hall–Kier alpha value is -1.77. The Kier molecular flexibility index (Phi) is 3.77. The minimum absolute atomic E-state index is 0.290. The van der Waals surface area contributed by atoms with Gasteiger partial charge in [-0.3, -0.25) is 0 Å². The van der Waals surface area contributed by atoms with Crippen molar-refractivity contribution in [3.63, 3.8) is 0 Å². The van der Waals surface area contributed by atoms with Crippen molar-refractivity contribution >= 4 is 22.5 Å². The van der Waals surface area contributed by atoms with E-state index in [1.165, 1.54) is 5.56 Å². The number of benzene rings is 2. The average molecular weight is 285 g/mol. The predicted molar refractivity (Wildman–Crippen MR) is 85.0 cm³/mol. The first-order valence-electron chi connectivity index (χ1n) is 6.79. The summed E-state index contributed by atoms with van der Waals surface area (Å²) in [5.41, 5.74) is 3.40. The first kappa shape index (κ1) is 13.2. The Morgan fingerprint density at radius 2 is 1.75 bits per heavy atom. The van der Waals surface area contributed by atoms with E-state index in [2.05, 4.69) is 41.5 Å². The molecule has 0 aliphatic heterocycles. The van der Waals surface area contributed by atoms with Crippen LogP contribution in [0.2, 0.25) is 5.02 Å². The molecule has 0 aliphatic carbocycles. The quantitative estimate of drug-likeness (QED) is 0.716. The molecule has 0 bridgehead atoms. The number of halogens is 1. The maximum Gasteiger partial charge on any atom is 0.0705 e. The van der Waals surface area contributed by atoms with E-state index < -0.39 is 0 Å². The Morgan fingerprint density at radius 3 is 2.50 bits per heavy atom. The summed E-state index contributed by atoms with van der Waals surface area (Å²) in [6, 6.07) is 18.8. The molecule has 3 rings (SSSR count). The van der Waals surface area contributed by atoms with Crippen molar-refractivity contribution < 1.29 is 0 Å². The smallest absolute Gasteiger partial charge is 0.0705 e. The highest BCUT2D eigenvalue weighted by atomic mass is 35.5. The zero-order chi connectivity index (χ0) is 13.9. The van der Waals surface area contributed by atoms with Crippen molar-refractivity contribution in [1.82, 2.24) is 10.3 Å². The van der Waals surface area contributed by atoms with Gasteiger partial charge in [0.1, 0.15) is 0 Å². The molecule has 0 amide bonds. The van der Waals surface area contributed by atoms with Gasteiger partial charge in [0, 0.05) is 29.2 Å². The Morgan fingerprint density at radius 1 is 1.05 bits per heavy atom. The van der Waals surface area contributed by atoms with Crippen LogP contribution < -0.4 is 5.32 Å². The topological polar surface area (TPSA) is 27.8 Å². The molecule has 0 saturated carbocycles. The van der Waals surface area contributed by atoms with Crippen LogP contribution in [0.15, 0.2) is 54.6 Å². The summed E-state index contributed by atoms with van der Waals surface area (Å²) in [6.07, 6.45) is 0. The summed E-state index contributed by atoms with van der Waals surface area (Å²) < 4.78 is 0. The molecule has 0 saturated heterocycles. The summed E-state index contributed by atoms with van der Waals surface area (Å²) in [6.45, 7) is 2.88. The second kappa shape index (κ2) is 5.70. The minimum atomic E-state index is 0.290. The van der Waals surface area contributed by atoms with Crippen LogP contribution in [0.3, 0.4) is 0 Å². The van der Waals surface area contributed by atoms with E-state index >= 15 is 0 Å². The molecule has 0 unspecified atom stereocenters. The highest BCUT2D eigenvalue weighted by Gasteiger charge is 2.10. The number of aromatic amines is 1. The second-order valence-corrected chi connectivity index (χ2v) is 5.35. The van der Waals surface area contributed by atoms with Crippen LogP contribution in [-0.4, -0.2) is 4.98 Å². The van der Waals surface area contributed by atoms with Crippen LogP contribution in [0.5, 0.6) is 0 Å². The molecule has 0 aliphatic rings. The fourth-order valence-electron chi connectivity index (χ4n) is 2.40. The van der Waals surface area contributed by atoms with Crippen LogP contribution in [0, 0.1) is 0 Å². The first-order valence-corrected chi connectivity index (χ1v) is 7.17. The summed E-state index contributed by atoms with van der Waals surface area (Å²) >= 11 is 6.42. The number of aromatic nitrogens is 1. The maximum absolute atomic E-state index is 6.42. The zero-order valence-electron chi connectivity index (χ0n) is 11.4. The lowest BCUT2D eigenvalue weighted by Crippen LogP contribution is -2.18. The Bertz CT molecular complexity index is 703. The van der Waals surface area contributed by atoms with Gasteiger partial charge in [-0.15, -0.1) is 0 Å². The lowest BCUT2D eigenvalue weighted by Gasteiger charge is -2.13. The highest BCUT2D eigenvalue weighted by molar-refractivity contribution is 6.36. The van der Waals surface area contributed by atoms with Gasteiger partial charge in [0.05, 0.1) is 5.02 Å². The molecule has 2 aromatic carbocycles. The molecule has 3 aromatic rings. The van der Waals surface area contributed by atoms with Crippen molar-refractivity contribution in [3.8, 4) is 0 Å². The number of H-pyrrole nitrogens is 1. The van der Waals surface area contributed by atoms with Crippen LogP contribution in [0.1, 0.15) is 24.2 Å². The molecule has 0 radical (unpaired) electrons. The van der Waals surface area contributed by atoms with Crippen LogP contribution in [-0.2, 0) is 6.54 Å². The molecule has 1 aromatic heterocycles. The number of fused-ring (bicyclic) bond motifs is 1. The number of para-hydroxylation sites is 1. The lowest BCUT2D eigenvalue weighted by atomic mass is 10.1. The normalized spacial score (nSPS) is 12.7. The van der Waals surface area contributed by atoms with Gasteiger partial charge in [-0.2, -0.15) is 0 Å². The van der Waals surface area contributed by atoms with E-state index in [4.69, 9.17) is 11.6 Å². The zero-order valence-corrected chi connectivity index (χ0v) is 12.1. The minimum Gasteiger partial charge on any atom is -0.356 e. The van der Waals surface area contributed by atoms with Gasteiger partial charge in [-0.25, -0.2) is 0 Å². The Labute approximate surface area is 123 Å². The SMILES string of the molecule is C[C@H](NCc1[nH]c2ccccc2c1Cl)c1ccccc1. The Balaban J connectivity index is 1.76. The summed E-state index contributed by atoms with van der Waals surface area (Å²) in [4.78, 5) is 3.38. The molecular formula is C17H17ClN2. The molecule has 2 N–H and O–H groups in total.